The molecule has 2 aromatic carbocycles. The zero-order chi connectivity index (χ0) is 23.7. The van der Waals surface area contributed by atoms with Crippen LogP contribution in [0.2, 0.25) is 0 Å². The number of benzene rings is 2. The van der Waals surface area contributed by atoms with Crippen molar-refractivity contribution in [3.05, 3.63) is 60.5 Å². The Kier molecular flexibility index (Phi) is 8.05. The molecule has 1 heterocycles. The second kappa shape index (κ2) is 10.0. The molecule has 0 radical (unpaired) electrons. The number of sulfone groups is 1. The summed E-state index contributed by atoms with van der Waals surface area (Å²) in [5, 5.41) is 13.1. The van der Waals surface area contributed by atoms with Gasteiger partial charge in [-0.3, -0.25) is 9.59 Å². The van der Waals surface area contributed by atoms with Crippen molar-refractivity contribution in [2.45, 2.75) is 15.8 Å². The maximum atomic E-state index is 12.7. The van der Waals surface area contributed by atoms with Gasteiger partial charge in [0.05, 0.1) is 21.2 Å². The van der Waals surface area contributed by atoms with Crippen molar-refractivity contribution < 1.29 is 60.5 Å². The van der Waals surface area contributed by atoms with Gasteiger partial charge < -0.3 is 10.3 Å². The monoisotopic (exact) mass is 499 g/mol. The Balaban J connectivity index is 0.00000385. The Morgan fingerprint density at radius 3 is 2.09 bits per heavy atom. The van der Waals surface area contributed by atoms with E-state index in [-0.39, 0.29) is 45.8 Å². The summed E-state index contributed by atoms with van der Waals surface area (Å²) in [5.74, 6) is -1.83. The molecule has 0 saturated heterocycles. The van der Waals surface area contributed by atoms with Crippen LogP contribution >= 0.6 is 0 Å². The van der Waals surface area contributed by atoms with E-state index < -0.39 is 48.4 Å². The van der Waals surface area contributed by atoms with Crippen molar-refractivity contribution >= 4 is 48.9 Å². The summed E-state index contributed by atoms with van der Waals surface area (Å²) in [5.41, 5.74) is 5.12. The van der Waals surface area contributed by atoms with Crippen LogP contribution in [-0.4, -0.2) is 45.0 Å². The van der Waals surface area contributed by atoms with E-state index in [9.17, 15) is 31.0 Å². The summed E-state index contributed by atoms with van der Waals surface area (Å²) in [6, 6.07) is 8.00. The van der Waals surface area contributed by atoms with Crippen LogP contribution in [-0.2, 0) is 29.5 Å². The smallest absolute Gasteiger partial charge is 0.744 e. The molecule has 0 bridgehead atoms. The maximum absolute atomic E-state index is 12.7. The van der Waals surface area contributed by atoms with E-state index in [1.54, 1.807) is 0 Å². The normalized spacial score (nSPS) is 16.4. The molecule has 3 rings (SSSR count). The second-order valence-electron chi connectivity index (χ2n) is 6.27. The molecule has 0 spiro atoms. The minimum atomic E-state index is -4.69. The summed E-state index contributed by atoms with van der Waals surface area (Å²) < 4.78 is 56.6. The first-order valence-electron chi connectivity index (χ1n) is 8.61. The van der Waals surface area contributed by atoms with Gasteiger partial charge in [0.25, 0.3) is 11.8 Å². The van der Waals surface area contributed by atoms with Gasteiger partial charge in [0.1, 0.15) is 10.1 Å². The van der Waals surface area contributed by atoms with E-state index in [4.69, 9.17) is 5.73 Å². The second-order valence-corrected chi connectivity index (χ2v) is 9.55. The number of carbonyl (C=O) groups excluding carboxylic acids is 2. The zero-order valence-corrected chi connectivity index (χ0v) is 20.7. The molecule has 0 aromatic heterocycles. The number of primary amides is 1. The standard InChI is InChI=1S/C18H15N5O7S2.Na/c1-2-31(26,27)13-7-3-11(4-8-13)20-21-16-15(17(19)24)22-23(18(16)25)12-5-9-14(10-6-12)32(28,29)30;/h2-10,16H,1H2,(H2,19,24)(H,28,29,30);/q;+1/p-1. The molecule has 0 aliphatic carbocycles. The molecule has 1 aliphatic heterocycles. The number of amides is 2. The fourth-order valence-corrected chi connectivity index (χ4v) is 3.77. The maximum Gasteiger partial charge on any atom is 1.00 e. The van der Waals surface area contributed by atoms with Gasteiger partial charge in [0.15, 0.2) is 15.5 Å². The molecule has 2 amide bonds. The van der Waals surface area contributed by atoms with Gasteiger partial charge in [-0.15, -0.1) is 0 Å². The van der Waals surface area contributed by atoms with E-state index >= 15 is 0 Å². The quantitative estimate of drug-likeness (QED) is 0.255. The molecule has 1 atom stereocenters. The molecule has 1 aliphatic rings. The Morgan fingerprint density at radius 2 is 1.61 bits per heavy atom. The Bertz CT molecular complexity index is 1370. The summed E-state index contributed by atoms with van der Waals surface area (Å²) in [6.07, 6.45) is 0. The van der Waals surface area contributed by atoms with Crippen LogP contribution in [0.1, 0.15) is 0 Å². The number of hydrogen-bond donors (Lipinski definition) is 1. The van der Waals surface area contributed by atoms with Crippen LogP contribution in [0.25, 0.3) is 0 Å². The summed E-state index contributed by atoms with van der Waals surface area (Å²) in [6.45, 7) is 3.23. The fraction of sp³-hybridized carbons (Fsp3) is 0.0556. The topological polar surface area (TPSA) is 192 Å². The van der Waals surface area contributed by atoms with Crippen molar-refractivity contribution in [2.24, 2.45) is 21.1 Å². The molecule has 1 unspecified atom stereocenters. The molecule has 0 fully saturated rings. The molecule has 166 valence electrons. The number of anilines is 1. The van der Waals surface area contributed by atoms with Crippen LogP contribution in [0.4, 0.5) is 11.4 Å². The van der Waals surface area contributed by atoms with E-state index in [1.807, 2.05) is 0 Å². The van der Waals surface area contributed by atoms with Crippen molar-refractivity contribution in [2.75, 3.05) is 5.01 Å². The summed E-state index contributed by atoms with van der Waals surface area (Å²) in [4.78, 5) is 23.9. The predicted octanol–water partition coefficient (Wildman–Crippen LogP) is -2.15. The number of nitrogens with zero attached hydrogens (tertiary/aromatic N) is 4. The van der Waals surface area contributed by atoms with E-state index in [1.165, 1.54) is 24.3 Å². The van der Waals surface area contributed by atoms with E-state index in [2.05, 4.69) is 21.9 Å². The van der Waals surface area contributed by atoms with Gasteiger partial charge in [0.2, 0.25) is 6.04 Å². The average Bonchev–Trinajstić information content (AvgIpc) is 3.08. The van der Waals surface area contributed by atoms with Gasteiger partial charge >= 0.3 is 29.6 Å². The van der Waals surface area contributed by atoms with Crippen LogP contribution in [0, 0.1) is 0 Å². The SMILES string of the molecule is C=CS(=O)(=O)c1ccc(N=NC2C(=O)N(c3ccc(S(=O)(=O)[O-])cc3)N=C2C(N)=O)cc1.[Na+]. The van der Waals surface area contributed by atoms with Crippen molar-refractivity contribution in [3.63, 3.8) is 0 Å². The molecule has 2 aromatic rings. The van der Waals surface area contributed by atoms with Gasteiger partial charge in [-0.25, -0.2) is 16.8 Å². The third kappa shape index (κ3) is 5.79. The van der Waals surface area contributed by atoms with Crippen LogP contribution in [0.5, 0.6) is 0 Å². The summed E-state index contributed by atoms with van der Waals surface area (Å²) >= 11 is 0. The van der Waals surface area contributed by atoms with Crippen molar-refractivity contribution in [1.29, 1.82) is 0 Å². The Hall–Kier alpha value is -2.75. The average molecular weight is 499 g/mol. The van der Waals surface area contributed by atoms with Crippen molar-refractivity contribution in [3.8, 4) is 0 Å². The van der Waals surface area contributed by atoms with Crippen molar-refractivity contribution in [1.82, 2.24) is 0 Å². The molecular weight excluding hydrogens is 485 g/mol. The number of nitrogens with two attached hydrogens (primary N) is 1. The van der Waals surface area contributed by atoms with Crippen LogP contribution < -0.4 is 40.3 Å². The predicted molar refractivity (Wildman–Crippen MR) is 111 cm³/mol. The van der Waals surface area contributed by atoms with Crippen LogP contribution in [0.3, 0.4) is 0 Å². The van der Waals surface area contributed by atoms with Gasteiger partial charge in [0, 0.05) is 5.41 Å². The third-order valence-electron chi connectivity index (χ3n) is 4.21. The van der Waals surface area contributed by atoms with Gasteiger partial charge in [-0.2, -0.15) is 20.3 Å². The Morgan fingerprint density at radius 1 is 1.06 bits per heavy atom. The first-order chi connectivity index (χ1) is 14.9. The van der Waals surface area contributed by atoms with E-state index in [0.717, 1.165) is 34.7 Å². The van der Waals surface area contributed by atoms with Crippen LogP contribution in [0.15, 0.2) is 85.6 Å². The molecule has 0 saturated carbocycles. The van der Waals surface area contributed by atoms with E-state index in [0.29, 0.717) is 0 Å². The minimum Gasteiger partial charge on any atom is -0.744 e. The molecule has 2 N–H and O–H groups in total. The summed E-state index contributed by atoms with van der Waals surface area (Å²) in [7, 11) is -8.32. The zero-order valence-electron chi connectivity index (χ0n) is 17.0. The Labute approximate surface area is 210 Å². The first kappa shape index (κ1) is 26.5. The number of hydrogen-bond acceptors (Lipinski definition) is 10. The largest absolute Gasteiger partial charge is 1.00 e. The number of hydrazone groups is 1. The first-order valence-corrected chi connectivity index (χ1v) is 11.6. The van der Waals surface area contributed by atoms with Gasteiger partial charge in [-0.1, -0.05) is 6.58 Å². The van der Waals surface area contributed by atoms with Gasteiger partial charge in [-0.05, 0) is 48.5 Å². The molecular formula is C18H14N5NaO7S2. The molecule has 33 heavy (non-hydrogen) atoms. The third-order valence-corrected chi connectivity index (χ3v) is 6.42. The fourth-order valence-electron chi connectivity index (χ4n) is 2.59. The number of carbonyl (C=O) groups is 2. The molecule has 12 nitrogen and oxygen atoms in total. The minimum absolute atomic E-state index is 0. The number of azo groups is 1. The molecule has 15 heteroatoms. The number of rotatable bonds is 7.